The summed E-state index contributed by atoms with van der Waals surface area (Å²) in [5.41, 5.74) is 3.46. The number of methoxy groups -OCH3 is 1. The van der Waals surface area contributed by atoms with E-state index >= 15 is 0 Å². The molecule has 7 heteroatoms. The molecule has 174 valence electrons. The van der Waals surface area contributed by atoms with Crippen LogP contribution in [0.4, 0.5) is 5.69 Å². The smallest absolute Gasteiger partial charge is 0.242 e. The Morgan fingerprint density at radius 3 is 2.62 bits per heavy atom. The van der Waals surface area contributed by atoms with Crippen LogP contribution in [0.2, 0.25) is 0 Å². The average Bonchev–Trinajstić information content (AvgIpc) is 3.31. The fourth-order valence-electron chi connectivity index (χ4n) is 4.34. The van der Waals surface area contributed by atoms with Gasteiger partial charge in [0.05, 0.1) is 12.6 Å². The molecule has 1 aliphatic heterocycles. The Labute approximate surface area is 204 Å². The van der Waals surface area contributed by atoms with E-state index in [1.807, 2.05) is 52.2 Å². The van der Waals surface area contributed by atoms with Crippen LogP contribution in [0.25, 0.3) is 10.9 Å². The molecule has 1 saturated heterocycles. The molecule has 0 spiro atoms. The minimum Gasteiger partial charge on any atom is -0.497 e. The van der Waals surface area contributed by atoms with Crippen molar-refractivity contribution in [2.24, 2.45) is 0 Å². The van der Waals surface area contributed by atoms with Gasteiger partial charge in [-0.15, -0.1) is 11.8 Å². The summed E-state index contributed by atoms with van der Waals surface area (Å²) >= 11 is 1.73. The van der Waals surface area contributed by atoms with Crippen LogP contribution in [-0.4, -0.2) is 53.6 Å². The number of benzene rings is 2. The highest BCUT2D eigenvalue weighted by molar-refractivity contribution is 7.98. The number of nitrogens with zero attached hydrogens (tertiary/aromatic N) is 4. The number of amides is 1. The topological polar surface area (TPSA) is 50.6 Å². The van der Waals surface area contributed by atoms with Crippen molar-refractivity contribution in [3.8, 4) is 5.75 Å². The van der Waals surface area contributed by atoms with E-state index in [9.17, 15) is 4.79 Å². The van der Waals surface area contributed by atoms with Crippen LogP contribution in [0, 0.1) is 0 Å². The molecule has 1 aliphatic rings. The Balaban J connectivity index is 1.22. The van der Waals surface area contributed by atoms with E-state index in [0.717, 1.165) is 59.3 Å². The van der Waals surface area contributed by atoms with Gasteiger partial charge in [0.15, 0.2) is 0 Å². The molecule has 0 N–H and O–H groups in total. The van der Waals surface area contributed by atoms with Crippen molar-refractivity contribution in [2.75, 3.05) is 38.2 Å². The molecule has 0 aliphatic carbocycles. The SMILES string of the molecule is COc1cccc(N2CCN(C(=O)Cn3ccc4c(SCc5ccccc5)nccc43)CC2)c1. The minimum atomic E-state index is 0.151. The lowest BCUT2D eigenvalue weighted by Gasteiger charge is -2.36. The number of ether oxygens (including phenoxy) is 1. The number of fused-ring (bicyclic) bond motifs is 1. The highest BCUT2D eigenvalue weighted by atomic mass is 32.2. The van der Waals surface area contributed by atoms with Gasteiger partial charge in [-0.05, 0) is 29.8 Å². The lowest BCUT2D eigenvalue weighted by Crippen LogP contribution is -2.49. The quantitative estimate of drug-likeness (QED) is 0.366. The van der Waals surface area contributed by atoms with Gasteiger partial charge in [-0.25, -0.2) is 4.98 Å². The van der Waals surface area contributed by atoms with E-state index in [-0.39, 0.29) is 5.91 Å². The van der Waals surface area contributed by atoms with Gasteiger partial charge in [0.1, 0.15) is 17.3 Å². The highest BCUT2D eigenvalue weighted by Crippen LogP contribution is 2.29. The van der Waals surface area contributed by atoms with E-state index < -0.39 is 0 Å². The molecule has 5 rings (SSSR count). The zero-order valence-electron chi connectivity index (χ0n) is 19.3. The van der Waals surface area contributed by atoms with Gasteiger partial charge in [0, 0.05) is 61.5 Å². The summed E-state index contributed by atoms with van der Waals surface area (Å²) in [6, 6.07) is 22.6. The van der Waals surface area contributed by atoms with Crippen molar-refractivity contribution >= 4 is 34.3 Å². The number of hydrogen-bond acceptors (Lipinski definition) is 5. The Morgan fingerprint density at radius 2 is 1.82 bits per heavy atom. The van der Waals surface area contributed by atoms with Crippen molar-refractivity contribution in [3.63, 3.8) is 0 Å². The second-order valence-corrected chi connectivity index (χ2v) is 9.30. The van der Waals surface area contributed by atoms with Crippen molar-refractivity contribution in [3.05, 3.63) is 84.7 Å². The number of pyridine rings is 1. The Bertz CT molecular complexity index is 1270. The number of piperazine rings is 1. The molecule has 2 aromatic heterocycles. The summed E-state index contributed by atoms with van der Waals surface area (Å²) in [6.07, 6.45) is 3.84. The number of hydrogen-bond donors (Lipinski definition) is 0. The molecule has 4 aromatic rings. The van der Waals surface area contributed by atoms with Gasteiger partial charge in [0.25, 0.3) is 0 Å². The zero-order chi connectivity index (χ0) is 23.3. The first-order valence-electron chi connectivity index (χ1n) is 11.5. The first kappa shape index (κ1) is 22.3. The molecule has 0 atom stereocenters. The Morgan fingerprint density at radius 1 is 1.00 bits per heavy atom. The lowest BCUT2D eigenvalue weighted by molar-refractivity contribution is -0.132. The van der Waals surface area contributed by atoms with Gasteiger partial charge in [0.2, 0.25) is 5.91 Å². The number of thioether (sulfide) groups is 1. The maximum Gasteiger partial charge on any atom is 0.242 e. The van der Waals surface area contributed by atoms with Gasteiger partial charge < -0.3 is 19.1 Å². The molecule has 0 bridgehead atoms. The number of aromatic nitrogens is 2. The van der Waals surface area contributed by atoms with E-state index in [1.165, 1.54) is 5.56 Å². The highest BCUT2D eigenvalue weighted by Gasteiger charge is 2.22. The van der Waals surface area contributed by atoms with Crippen LogP contribution in [0.3, 0.4) is 0 Å². The fraction of sp³-hybridized carbons (Fsp3) is 0.259. The van der Waals surface area contributed by atoms with Crippen LogP contribution >= 0.6 is 11.8 Å². The molecule has 1 fully saturated rings. The molecule has 2 aromatic carbocycles. The second-order valence-electron chi connectivity index (χ2n) is 8.34. The molecule has 34 heavy (non-hydrogen) atoms. The van der Waals surface area contributed by atoms with E-state index in [4.69, 9.17) is 4.74 Å². The van der Waals surface area contributed by atoms with Crippen molar-refractivity contribution < 1.29 is 9.53 Å². The third-order valence-electron chi connectivity index (χ3n) is 6.24. The molecule has 0 saturated carbocycles. The van der Waals surface area contributed by atoms with Crippen LogP contribution in [0.1, 0.15) is 5.56 Å². The predicted octanol–water partition coefficient (Wildman–Crippen LogP) is 4.69. The predicted molar refractivity (Wildman–Crippen MR) is 138 cm³/mol. The molecule has 1 amide bonds. The number of rotatable bonds is 7. The van der Waals surface area contributed by atoms with Crippen LogP contribution in [-0.2, 0) is 17.1 Å². The maximum absolute atomic E-state index is 13.1. The number of anilines is 1. The summed E-state index contributed by atoms with van der Waals surface area (Å²) in [6.45, 7) is 3.41. The summed E-state index contributed by atoms with van der Waals surface area (Å²) in [5.74, 6) is 1.87. The lowest BCUT2D eigenvalue weighted by atomic mass is 10.2. The fourth-order valence-corrected chi connectivity index (χ4v) is 5.30. The third kappa shape index (κ3) is 4.89. The van der Waals surface area contributed by atoms with E-state index in [0.29, 0.717) is 6.54 Å². The first-order valence-corrected chi connectivity index (χ1v) is 12.5. The van der Waals surface area contributed by atoms with Gasteiger partial charge in [-0.2, -0.15) is 0 Å². The number of carbonyl (C=O) groups excluding carboxylic acids is 1. The number of carbonyl (C=O) groups is 1. The second kappa shape index (κ2) is 10.2. The van der Waals surface area contributed by atoms with Crippen molar-refractivity contribution in [1.29, 1.82) is 0 Å². The van der Waals surface area contributed by atoms with E-state index in [1.54, 1.807) is 18.9 Å². The van der Waals surface area contributed by atoms with Crippen LogP contribution in [0.15, 0.2) is 84.1 Å². The Kier molecular flexibility index (Phi) is 6.72. The Hall–Kier alpha value is -3.45. The maximum atomic E-state index is 13.1. The van der Waals surface area contributed by atoms with Gasteiger partial charge in [-0.3, -0.25) is 4.79 Å². The summed E-state index contributed by atoms with van der Waals surface area (Å²) in [7, 11) is 1.68. The van der Waals surface area contributed by atoms with E-state index in [2.05, 4.69) is 46.3 Å². The summed E-state index contributed by atoms with van der Waals surface area (Å²) in [4.78, 5) is 22.0. The van der Waals surface area contributed by atoms with Gasteiger partial charge >= 0.3 is 0 Å². The third-order valence-corrected chi connectivity index (χ3v) is 7.31. The molecule has 0 radical (unpaired) electrons. The molecule has 6 nitrogen and oxygen atoms in total. The molecule has 0 unspecified atom stereocenters. The molecule has 3 heterocycles. The summed E-state index contributed by atoms with van der Waals surface area (Å²) < 4.78 is 7.39. The van der Waals surface area contributed by atoms with Crippen LogP contribution in [0.5, 0.6) is 5.75 Å². The minimum absolute atomic E-state index is 0.151. The van der Waals surface area contributed by atoms with Crippen molar-refractivity contribution in [1.82, 2.24) is 14.5 Å². The largest absolute Gasteiger partial charge is 0.497 e. The molecular weight excluding hydrogens is 444 g/mol. The van der Waals surface area contributed by atoms with Crippen LogP contribution < -0.4 is 9.64 Å². The standard InChI is InChI=1S/C27H28N4O2S/c1-33-23-9-5-8-22(18-23)29-14-16-30(17-15-29)26(32)19-31-13-11-24-25(31)10-12-28-27(24)34-20-21-6-3-2-4-7-21/h2-13,18H,14-17,19-20H2,1H3. The van der Waals surface area contributed by atoms with Gasteiger partial charge in [-0.1, -0.05) is 36.4 Å². The van der Waals surface area contributed by atoms with Crippen molar-refractivity contribution in [2.45, 2.75) is 17.3 Å². The zero-order valence-corrected chi connectivity index (χ0v) is 20.1. The normalized spacial score (nSPS) is 13.9. The monoisotopic (exact) mass is 472 g/mol. The molecular formula is C27H28N4O2S. The average molecular weight is 473 g/mol. The first-order chi connectivity index (χ1) is 16.7. The summed E-state index contributed by atoms with van der Waals surface area (Å²) in [5, 5.41) is 2.10.